The van der Waals surface area contributed by atoms with E-state index in [9.17, 15) is 4.79 Å². The van der Waals surface area contributed by atoms with Gasteiger partial charge in [0.2, 0.25) is 0 Å². The Hall–Kier alpha value is -2.17. The monoisotopic (exact) mass is 328 g/mol. The number of nitrogens with zero attached hydrogens (tertiary/aromatic N) is 2. The number of aromatic nitrogens is 1. The second-order valence-corrected chi connectivity index (χ2v) is 6.07. The second kappa shape index (κ2) is 6.73. The van der Waals surface area contributed by atoms with Crippen LogP contribution in [0.5, 0.6) is 0 Å². The van der Waals surface area contributed by atoms with Crippen molar-refractivity contribution in [3.8, 4) is 0 Å². The van der Waals surface area contributed by atoms with Gasteiger partial charge in [-0.2, -0.15) is 0 Å². The molecule has 0 spiro atoms. The van der Waals surface area contributed by atoms with Crippen LogP contribution in [-0.2, 0) is 6.54 Å². The number of rotatable bonds is 4. The van der Waals surface area contributed by atoms with Gasteiger partial charge in [-0.3, -0.25) is 9.69 Å². The molecule has 0 saturated carbocycles. The van der Waals surface area contributed by atoms with E-state index in [1.54, 1.807) is 11.1 Å². The van der Waals surface area contributed by atoms with E-state index < -0.39 is 0 Å². The molecular formula is C17H13ClN2OS. The van der Waals surface area contributed by atoms with Crippen molar-refractivity contribution < 1.29 is 4.79 Å². The summed E-state index contributed by atoms with van der Waals surface area (Å²) in [4.78, 5) is 19.4. The molecule has 3 rings (SSSR count). The summed E-state index contributed by atoms with van der Waals surface area (Å²) in [6, 6.07) is 16.7. The summed E-state index contributed by atoms with van der Waals surface area (Å²) in [5, 5.41) is 2.55. The molecule has 110 valence electrons. The fraction of sp³-hybridized carbons (Fsp3) is 0.0588. The Kier molecular flexibility index (Phi) is 4.51. The average Bonchev–Trinajstić information content (AvgIpc) is 3.07. The number of benzene rings is 1. The van der Waals surface area contributed by atoms with Crippen LogP contribution in [0, 0.1) is 0 Å². The van der Waals surface area contributed by atoms with E-state index in [-0.39, 0.29) is 5.91 Å². The standard InChI is InChI=1S/C17H13ClN2OS/c18-14-6-3-5-13(11-14)12-20(16-8-1-2-9-19-16)17(21)15-7-4-10-22-15/h1-11H,12H2. The molecule has 0 atom stereocenters. The van der Waals surface area contributed by atoms with Crippen LogP contribution in [-0.4, -0.2) is 10.9 Å². The minimum Gasteiger partial charge on any atom is -0.288 e. The molecule has 0 bridgehead atoms. The molecule has 0 aliphatic rings. The highest BCUT2D eigenvalue weighted by Gasteiger charge is 2.19. The van der Waals surface area contributed by atoms with E-state index in [4.69, 9.17) is 11.6 Å². The van der Waals surface area contributed by atoms with Crippen molar-refractivity contribution in [2.45, 2.75) is 6.54 Å². The highest BCUT2D eigenvalue weighted by Crippen LogP contribution is 2.21. The molecule has 3 nitrogen and oxygen atoms in total. The molecule has 22 heavy (non-hydrogen) atoms. The van der Waals surface area contributed by atoms with Crippen LogP contribution in [0.25, 0.3) is 0 Å². The summed E-state index contributed by atoms with van der Waals surface area (Å²) in [5.41, 5.74) is 0.961. The fourth-order valence-electron chi connectivity index (χ4n) is 2.12. The molecule has 0 aliphatic carbocycles. The van der Waals surface area contributed by atoms with E-state index in [1.165, 1.54) is 11.3 Å². The smallest absolute Gasteiger partial charge is 0.269 e. The first-order chi connectivity index (χ1) is 10.7. The number of hydrogen-bond donors (Lipinski definition) is 0. The van der Waals surface area contributed by atoms with Gasteiger partial charge in [0, 0.05) is 11.2 Å². The lowest BCUT2D eigenvalue weighted by Crippen LogP contribution is -2.30. The number of halogens is 1. The lowest BCUT2D eigenvalue weighted by atomic mass is 10.2. The Morgan fingerprint density at radius 3 is 2.73 bits per heavy atom. The molecular weight excluding hydrogens is 316 g/mol. The Balaban J connectivity index is 1.94. The third kappa shape index (κ3) is 3.35. The molecule has 1 aromatic carbocycles. The Labute approximate surface area is 137 Å². The zero-order chi connectivity index (χ0) is 15.4. The van der Waals surface area contributed by atoms with Crippen LogP contribution in [0.3, 0.4) is 0 Å². The largest absolute Gasteiger partial charge is 0.288 e. The molecule has 0 radical (unpaired) electrons. The third-order valence-electron chi connectivity index (χ3n) is 3.13. The molecule has 2 heterocycles. The number of thiophene rings is 1. The van der Waals surface area contributed by atoms with Crippen LogP contribution in [0.1, 0.15) is 15.2 Å². The molecule has 0 unspecified atom stereocenters. The van der Waals surface area contributed by atoms with E-state index in [0.29, 0.717) is 22.3 Å². The quantitative estimate of drug-likeness (QED) is 0.698. The Bertz CT molecular complexity index is 759. The van der Waals surface area contributed by atoms with Gasteiger partial charge in [0.15, 0.2) is 0 Å². The van der Waals surface area contributed by atoms with Crippen molar-refractivity contribution >= 4 is 34.7 Å². The van der Waals surface area contributed by atoms with E-state index in [0.717, 1.165) is 5.56 Å². The topological polar surface area (TPSA) is 33.2 Å². The van der Waals surface area contributed by atoms with Gasteiger partial charge < -0.3 is 0 Å². The summed E-state index contributed by atoms with van der Waals surface area (Å²) in [6.45, 7) is 0.425. The fourth-order valence-corrected chi connectivity index (χ4v) is 3.01. The molecule has 0 saturated heterocycles. The molecule has 2 aromatic heterocycles. The Morgan fingerprint density at radius 2 is 2.05 bits per heavy atom. The minimum atomic E-state index is -0.0614. The lowest BCUT2D eigenvalue weighted by molar-refractivity contribution is 0.0988. The van der Waals surface area contributed by atoms with Crippen molar-refractivity contribution in [1.82, 2.24) is 4.98 Å². The van der Waals surface area contributed by atoms with E-state index in [1.807, 2.05) is 60.0 Å². The number of hydrogen-bond acceptors (Lipinski definition) is 3. The number of amides is 1. The van der Waals surface area contributed by atoms with Gasteiger partial charge >= 0.3 is 0 Å². The first-order valence-corrected chi connectivity index (χ1v) is 8.00. The summed E-state index contributed by atoms with van der Waals surface area (Å²) < 4.78 is 0. The highest BCUT2D eigenvalue weighted by atomic mass is 35.5. The predicted octanol–water partition coefficient (Wildman–Crippen LogP) is 4.64. The van der Waals surface area contributed by atoms with Gasteiger partial charge in [0.25, 0.3) is 5.91 Å². The summed E-state index contributed by atoms with van der Waals surface area (Å²) >= 11 is 7.46. The van der Waals surface area contributed by atoms with Crippen molar-refractivity contribution in [2.75, 3.05) is 4.90 Å². The van der Waals surface area contributed by atoms with Crippen LogP contribution in [0.2, 0.25) is 5.02 Å². The van der Waals surface area contributed by atoms with E-state index >= 15 is 0 Å². The van der Waals surface area contributed by atoms with Gasteiger partial charge in [-0.1, -0.05) is 35.9 Å². The predicted molar refractivity (Wildman–Crippen MR) is 90.5 cm³/mol. The number of carbonyl (C=O) groups excluding carboxylic acids is 1. The maximum Gasteiger partial charge on any atom is 0.269 e. The zero-order valence-electron chi connectivity index (χ0n) is 11.6. The SMILES string of the molecule is O=C(c1cccs1)N(Cc1cccc(Cl)c1)c1ccccn1. The Morgan fingerprint density at radius 1 is 1.14 bits per heavy atom. The first kappa shape index (κ1) is 14.8. The van der Waals surface area contributed by atoms with Gasteiger partial charge in [-0.05, 0) is 41.3 Å². The lowest BCUT2D eigenvalue weighted by Gasteiger charge is -2.21. The van der Waals surface area contributed by atoms with E-state index in [2.05, 4.69) is 4.98 Å². The molecule has 3 aromatic rings. The summed E-state index contributed by atoms with van der Waals surface area (Å²) in [5.74, 6) is 0.564. The van der Waals surface area contributed by atoms with Gasteiger partial charge in [-0.15, -0.1) is 11.3 Å². The zero-order valence-corrected chi connectivity index (χ0v) is 13.2. The number of pyridine rings is 1. The van der Waals surface area contributed by atoms with Crippen molar-refractivity contribution in [3.63, 3.8) is 0 Å². The maximum atomic E-state index is 12.8. The molecule has 1 amide bonds. The summed E-state index contributed by atoms with van der Waals surface area (Å²) in [6.07, 6.45) is 1.68. The molecule has 0 fully saturated rings. The molecule has 0 aliphatic heterocycles. The van der Waals surface area contributed by atoms with Gasteiger partial charge in [0.1, 0.15) is 5.82 Å². The van der Waals surface area contributed by atoms with Crippen LogP contribution < -0.4 is 4.90 Å². The number of anilines is 1. The van der Waals surface area contributed by atoms with Crippen LogP contribution in [0.15, 0.2) is 66.2 Å². The third-order valence-corrected chi connectivity index (χ3v) is 4.23. The van der Waals surface area contributed by atoms with Crippen LogP contribution in [0.4, 0.5) is 5.82 Å². The molecule has 0 N–H and O–H groups in total. The van der Waals surface area contributed by atoms with Gasteiger partial charge in [-0.25, -0.2) is 4.98 Å². The van der Waals surface area contributed by atoms with Crippen LogP contribution >= 0.6 is 22.9 Å². The number of carbonyl (C=O) groups is 1. The highest BCUT2D eigenvalue weighted by molar-refractivity contribution is 7.12. The normalized spacial score (nSPS) is 10.4. The van der Waals surface area contributed by atoms with Crippen molar-refractivity contribution in [1.29, 1.82) is 0 Å². The summed E-state index contributed by atoms with van der Waals surface area (Å²) in [7, 11) is 0. The average molecular weight is 329 g/mol. The molecule has 5 heteroatoms. The van der Waals surface area contributed by atoms with Crippen molar-refractivity contribution in [2.24, 2.45) is 0 Å². The van der Waals surface area contributed by atoms with Gasteiger partial charge in [0.05, 0.1) is 11.4 Å². The van der Waals surface area contributed by atoms with Crippen molar-refractivity contribution in [3.05, 3.63) is 81.6 Å². The minimum absolute atomic E-state index is 0.0614. The second-order valence-electron chi connectivity index (χ2n) is 4.69. The maximum absolute atomic E-state index is 12.8. The first-order valence-electron chi connectivity index (χ1n) is 6.75.